The minimum Gasteiger partial charge on any atom is -0.321 e. The average molecular weight is 690 g/mol. The van der Waals surface area contributed by atoms with Crippen molar-refractivity contribution < 1.29 is 88.6 Å². The zero-order valence-corrected chi connectivity index (χ0v) is 20.9. The van der Waals surface area contributed by atoms with Gasteiger partial charge in [0.2, 0.25) is 0 Å². The number of alkyl halides is 18. The first kappa shape index (κ1) is 37.3. The van der Waals surface area contributed by atoms with Gasteiger partial charge in [-0.1, -0.05) is 24.3 Å². The average Bonchev–Trinajstić information content (AvgIpc) is 2.89. The molecule has 2 N–H and O–H groups in total. The second kappa shape index (κ2) is 11.5. The first-order chi connectivity index (χ1) is 19.9. The van der Waals surface area contributed by atoms with E-state index in [9.17, 15) is 88.6 Å². The summed E-state index contributed by atoms with van der Waals surface area (Å²) in [4.78, 5) is 23.0. The lowest BCUT2D eigenvalue weighted by Gasteiger charge is -2.32. The molecule has 2 aromatic carbocycles. The molecule has 0 fully saturated rings. The van der Waals surface area contributed by atoms with E-state index in [2.05, 4.69) is 0 Å². The third-order valence-electron chi connectivity index (χ3n) is 5.69. The van der Waals surface area contributed by atoms with E-state index in [1.54, 1.807) is 0 Å². The van der Waals surface area contributed by atoms with Crippen molar-refractivity contribution in [1.82, 2.24) is 0 Å². The van der Waals surface area contributed by atoms with Crippen LogP contribution in [0.5, 0.6) is 0 Å². The molecule has 0 aliphatic heterocycles. The topological polar surface area (TPSA) is 58.2 Å². The maximum absolute atomic E-state index is 13.7. The Morgan fingerprint density at radius 2 is 0.667 bits per heavy atom. The molecule has 2 amide bonds. The van der Waals surface area contributed by atoms with E-state index in [1.807, 2.05) is 0 Å². The fourth-order valence-corrected chi connectivity index (χ4v) is 3.10. The maximum Gasteiger partial charge on any atom is 0.460 e. The van der Waals surface area contributed by atoms with E-state index < -0.39 is 71.1 Å². The van der Waals surface area contributed by atoms with Crippen LogP contribution in [-0.4, -0.2) is 59.7 Å². The van der Waals surface area contributed by atoms with Crippen molar-refractivity contribution in [1.29, 1.82) is 0 Å². The predicted molar refractivity (Wildman–Crippen MR) is 115 cm³/mol. The van der Waals surface area contributed by atoms with Crippen molar-refractivity contribution in [3.05, 3.63) is 59.7 Å². The summed E-state index contributed by atoms with van der Waals surface area (Å²) in [5, 5.41) is 2.07. The van der Waals surface area contributed by atoms with Gasteiger partial charge < -0.3 is 10.6 Å². The van der Waals surface area contributed by atoms with Crippen LogP contribution in [0.2, 0.25) is 0 Å². The molecule has 0 atom stereocenters. The molecule has 0 spiro atoms. The smallest absolute Gasteiger partial charge is 0.321 e. The van der Waals surface area contributed by atoms with Gasteiger partial charge in [-0.25, -0.2) is 0 Å². The number of rotatable bonds is 10. The van der Waals surface area contributed by atoms with Gasteiger partial charge in [0.15, 0.2) is 0 Å². The zero-order chi connectivity index (χ0) is 35.2. The standard InChI is InChI=1S/C23H12F18N2O2/c24-16(25,18(28,29)20(32,33)22(36,37)38)14(44)42-12-5-1-10(2-6-12)9-11-3-7-13(8-4-11)43-15(45)17(26,27)19(30,31)21(34,35)23(39,40)41/h1-8H,9H2,(H,42,44)(H,43,45). The molecule has 0 aliphatic rings. The monoisotopic (exact) mass is 690 g/mol. The third kappa shape index (κ3) is 6.58. The van der Waals surface area contributed by atoms with E-state index in [1.165, 1.54) is 0 Å². The Labute approximate surface area is 237 Å². The molecular weight excluding hydrogens is 678 g/mol. The summed E-state index contributed by atoms with van der Waals surface area (Å²) in [6.07, 6.45) is -14.5. The lowest BCUT2D eigenvalue weighted by Crippen LogP contribution is -2.64. The van der Waals surface area contributed by atoms with Crippen molar-refractivity contribution in [2.45, 2.75) is 54.3 Å². The van der Waals surface area contributed by atoms with Gasteiger partial charge in [0.25, 0.3) is 0 Å². The Morgan fingerprint density at radius 1 is 0.422 bits per heavy atom. The van der Waals surface area contributed by atoms with Crippen molar-refractivity contribution in [3.63, 3.8) is 0 Å². The number of anilines is 2. The lowest BCUT2D eigenvalue weighted by atomic mass is 10.0. The Balaban J connectivity index is 2.12. The SMILES string of the molecule is O=C(Nc1ccc(Cc2ccc(NC(=O)C(F)(F)C(F)(F)C(F)(F)C(F)(F)F)cc2)cc1)C(F)(F)C(F)(F)C(F)(F)C(F)(F)F. The number of nitrogens with one attached hydrogen (secondary N) is 2. The van der Waals surface area contributed by atoms with Crippen LogP contribution in [0.4, 0.5) is 90.4 Å². The van der Waals surface area contributed by atoms with Crippen LogP contribution in [0.3, 0.4) is 0 Å². The van der Waals surface area contributed by atoms with Gasteiger partial charge in [-0.2, -0.15) is 79.0 Å². The summed E-state index contributed by atoms with van der Waals surface area (Å²) in [7, 11) is 0. The van der Waals surface area contributed by atoms with Crippen LogP contribution in [0, 0.1) is 0 Å². The highest BCUT2D eigenvalue weighted by Crippen LogP contribution is 2.54. The number of carbonyl (C=O) groups is 2. The number of carbonyl (C=O) groups excluding carboxylic acids is 2. The Hall–Kier alpha value is -3.88. The van der Waals surface area contributed by atoms with E-state index in [0.29, 0.717) is 24.3 Å². The molecule has 22 heteroatoms. The highest BCUT2D eigenvalue weighted by Gasteiger charge is 2.84. The van der Waals surface area contributed by atoms with E-state index in [4.69, 9.17) is 0 Å². The molecule has 2 aromatic rings. The Morgan fingerprint density at radius 3 is 0.889 bits per heavy atom. The number of hydrogen-bond acceptors (Lipinski definition) is 2. The molecule has 0 saturated heterocycles. The summed E-state index contributed by atoms with van der Waals surface area (Å²) in [6.45, 7) is 0. The molecule has 252 valence electrons. The first-order valence-electron chi connectivity index (χ1n) is 11.2. The number of benzene rings is 2. The van der Waals surface area contributed by atoms with Gasteiger partial charge in [0.05, 0.1) is 0 Å². The molecular formula is C23H12F18N2O2. The highest BCUT2D eigenvalue weighted by molar-refractivity contribution is 5.97. The van der Waals surface area contributed by atoms with E-state index in [-0.39, 0.29) is 17.5 Å². The second-order valence-electron chi connectivity index (χ2n) is 8.92. The number of hydrogen-bond donors (Lipinski definition) is 2. The molecule has 0 radical (unpaired) electrons. The van der Waals surface area contributed by atoms with Crippen LogP contribution >= 0.6 is 0 Å². The zero-order valence-electron chi connectivity index (χ0n) is 20.9. The van der Waals surface area contributed by atoms with Crippen LogP contribution in [0.1, 0.15) is 11.1 Å². The van der Waals surface area contributed by atoms with Gasteiger partial charge >= 0.3 is 59.7 Å². The van der Waals surface area contributed by atoms with Gasteiger partial charge in [-0.15, -0.1) is 0 Å². The first-order valence-corrected chi connectivity index (χ1v) is 11.2. The Bertz CT molecular complexity index is 1280. The molecule has 0 heterocycles. The van der Waals surface area contributed by atoms with E-state index in [0.717, 1.165) is 34.9 Å². The lowest BCUT2D eigenvalue weighted by molar-refractivity contribution is -0.388. The number of amides is 2. The Kier molecular flexibility index (Phi) is 9.52. The molecule has 2 rings (SSSR count). The highest BCUT2D eigenvalue weighted by atomic mass is 19.4. The quantitative estimate of drug-likeness (QED) is 0.248. The van der Waals surface area contributed by atoms with Crippen LogP contribution in [0.15, 0.2) is 48.5 Å². The molecule has 4 nitrogen and oxygen atoms in total. The van der Waals surface area contributed by atoms with Gasteiger partial charge in [0.1, 0.15) is 0 Å². The minimum atomic E-state index is -7.31. The van der Waals surface area contributed by atoms with Crippen LogP contribution in [-0.2, 0) is 16.0 Å². The van der Waals surface area contributed by atoms with Crippen molar-refractivity contribution in [2.24, 2.45) is 0 Å². The summed E-state index contributed by atoms with van der Waals surface area (Å²) >= 11 is 0. The largest absolute Gasteiger partial charge is 0.460 e. The minimum absolute atomic E-state index is 0.144. The van der Waals surface area contributed by atoms with Crippen LogP contribution < -0.4 is 10.6 Å². The van der Waals surface area contributed by atoms with Gasteiger partial charge in [-0.3, -0.25) is 9.59 Å². The fraction of sp³-hybridized carbons (Fsp3) is 0.391. The van der Waals surface area contributed by atoms with Gasteiger partial charge in [-0.05, 0) is 41.8 Å². The molecule has 0 bridgehead atoms. The second-order valence-corrected chi connectivity index (χ2v) is 8.92. The summed E-state index contributed by atoms with van der Waals surface area (Å²) in [5.41, 5.74) is -1.29. The fourth-order valence-electron chi connectivity index (χ4n) is 3.10. The summed E-state index contributed by atoms with van der Waals surface area (Å²) in [5.74, 6) is -48.6. The third-order valence-corrected chi connectivity index (χ3v) is 5.69. The molecule has 0 unspecified atom stereocenters. The van der Waals surface area contributed by atoms with Crippen molar-refractivity contribution in [2.75, 3.05) is 10.6 Å². The van der Waals surface area contributed by atoms with Gasteiger partial charge in [0, 0.05) is 11.4 Å². The normalized spacial score (nSPS) is 14.3. The van der Waals surface area contributed by atoms with Crippen molar-refractivity contribution in [3.8, 4) is 0 Å². The molecule has 0 aromatic heterocycles. The molecule has 0 saturated carbocycles. The van der Waals surface area contributed by atoms with E-state index >= 15 is 0 Å². The maximum atomic E-state index is 13.7. The van der Waals surface area contributed by atoms with Crippen molar-refractivity contribution >= 4 is 23.2 Å². The van der Waals surface area contributed by atoms with Crippen LogP contribution in [0.25, 0.3) is 0 Å². The summed E-state index contributed by atoms with van der Waals surface area (Å²) < 4.78 is 233. The molecule has 0 aliphatic carbocycles. The summed E-state index contributed by atoms with van der Waals surface area (Å²) in [6, 6.07) is 6.69. The number of halogens is 18. The molecule has 45 heavy (non-hydrogen) atoms. The predicted octanol–water partition coefficient (Wildman–Crippen LogP) is 8.09.